The van der Waals surface area contributed by atoms with E-state index in [-0.39, 0.29) is 16.2 Å². The minimum absolute atomic E-state index is 0.0132. The van der Waals surface area contributed by atoms with Gasteiger partial charge < -0.3 is 14.3 Å². The van der Waals surface area contributed by atoms with Crippen LogP contribution in [-0.2, 0) is 16.2 Å². The largest absolute Gasteiger partial charge is 0.456 e. The zero-order valence-corrected chi connectivity index (χ0v) is 38.6. The van der Waals surface area contributed by atoms with Gasteiger partial charge in [-0.05, 0) is 115 Å². The Balaban J connectivity index is 1.12. The van der Waals surface area contributed by atoms with E-state index in [2.05, 4.69) is 205 Å². The number of benzene rings is 8. The van der Waals surface area contributed by atoms with Crippen LogP contribution in [-0.4, -0.2) is 11.8 Å². The molecule has 0 radical (unpaired) electrons. The molecule has 310 valence electrons. The smallest absolute Gasteiger partial charge is 0.198 e. The number of nitrogens with one attached hydrogen (secondary N) is 1. The molecule has 4 heterocycles. The Morgan fingerprint density at radius 3 is 2.14 bits per heavy atom. The van der Waals surface area contributed by atoms with Gasteiger partial charge in [0.25, 0.3) is 0 Å². The third-order valence-corrected chi connectivity index (χ3v) is 15.9. The SMILES string of the molecule is CC(C)(C)c1ccc(Nc2cc3c(cc2-c2ccc4c5c6c(ccc5n5c4c2Bc2cc4c(cc2-5)sc2ccccc24)C(C)(C)c2ccccc2-6)oc2ccc(C(C)(C)C)cc23)cc1. The van der Waals surface area contributed by atoms with Gasteiger partial charge >= 0.3 is 0 Å². The molecule has 5 heteroatoms. The number of hydrogen-bond acceptors (Lipinski definition) is 3. The highest BCUT2D eigenvalue weighted by molar-refractivity contribution is 7.25. The number of hydrogen-bond donors (Lipinski definition) is 1. The lowest BCUT2D eigenvalue weighted by molar-refractivity contribution is 0.590. The summed E-state index contributed by atoms with van der Waals surface area (Å²) < 4.78 is 12.1. The number of nitrogens with zero attached hydrogens (tertiary/aromatic N) is 1. The van der Waals surface area contributed by atoms with E-state index in [1.165, 1.54) is 97.5 Å². The Bertz CT molecular complexity index is 3830. The molecule has 3 aromatic heterocycles. The van der Waals surface area contributed by atoms with Crippen molar-refractivity contribution in [3.63, 3.8) is 0 Å². The van der Waals surface area contributed by atoms with Crippen LogP contribution in [0.2, 0.25) is 0 Å². The standard InChI is InChI=1S/C59H49BN2OS/c1-57(2,3)32-17-20-34(21-18-32)61-46-29-41-40-27-33(58(4,5)6)19-26-49(40)63-50(41)30-39(46)36-22-23-38-54-47(25-24-44-53(54)37-14-9-11-15-43(37)59(44,7)8)62-48-31-52-42(28-45(48)60-55(36)56(38)62)35-13-10-12-16-51(35)64-52/h9-31,60-61H,1-8H3. The molecule has 0 bridgehead atoms. The van der Waals surface area contributed by atoms with Gasteiger partial charge in [0, 0.05) is 69.9 Å². The first-order valence-corrected chi connectivity index (χ1v) is 23.6. The number of fused-ring (bicyclic) bond motifs is 15. The van der Waals surface area contributed by atoms with E-state index in [0.29, 0.717) is 0 Å². The van der Waals surface area contributed by atoms with Gasteiger partial charge in [-0.1, -0.05) is 146 Å². The van der Waals surface area contributed by atoms with Crippen molar-refractivity contribution in [3.05, 3.63) is 162 Å². The average molecular weight is 845 g/mol. The van der Waals surface area contributed by atoms with Crippen LogP contribution in [0, 0.1) is 0 Å². The van der Waals surface area contributed by atoms with E-state index in [4.69, 9.17) is 4.42 Å². The van der Waals surface area contributed by atoms with E-state index < -0.39 is 0 Å². The quantitative estimate of drug-likeness (QED) is 0.180. The molecule has 3 nitrogen and oxygen atoms in total. The van der Waals surface area contributed by atoms with Gasteiger partial charge in [0.15, 0.2) is 7.28 Å². The molecule has 1 aliphatic carbocycles. The maximum absolute atomic E-state index is 6.80. The van der Waals surface area contributed by atoms with Crippen molar-refractivity contribution in [3.8, 4) is 27.9 Å². The van der Waals surface area contributed by atoms with E-state index in [9.17, 15) is 0 Å². The Morgan fingerprint density at radius 2 is 1.33 bits per heavy atom. The summed E-state index contributed by atoms with van der Waals surface area (Å²) in [5.74, 6) is 0. The minimum Gasteiger partial charge on any atom is -0.456 e. The fourth-order valence-corrected chi connectivity index (χ4v) is 12.4. The molecule has 13 rings (SSSR count). The third kappa shape index (κ3) is 5.28. The normalized spacial score (nSPS) is 14.2. The second-order valence-electron chi connectivity index (χ2n) is 21.0. The Kier molecular flexibility index (Phi) is 7.59. The van der Waals surface area contributed by atoms with Gasteiger partial charge in [0.1, 0.15) is 11.2 Å². The zero-order chi connectivity index (χ0) is 43.6. The van der Waals surface area contributed by atoms with E-state index >= 15 is 0 Å². The summed E-state index contributed by atoms with van der Waals surface area (Å²) in [5, 5.41) is 11.6. The molecule has 0 amide bonds. The Labute approximate surface area is 378 Å². The maximum Gasteiger partial charge on any atom is 0.198 e. The van der Waals surface area contributed by atoms with Crippen LogP contribution in [0.5, 0.6) is 0 Å². The van der Waals surface area contributed by atoms with Crippen LogP contribution < -0.4 is 16.2 Å². The van der Waals surface area contributed by atoms with Crippen molar-refractivity contribution < 1.29 is 4.42 Å². The molecule has 2 aliphatic rings. The Hall–Kier alpha value is -6.56. The molecule has 0 saturated heterocycles. The van der Waals surface area contributed by atoms with Gasteiger partial charge in [0.05, 0.1) is 5.52 Å². The molecule has 8 aromatic carbocycles. The average Bonchev–Trinajstić information content (AvgIpc) is 3.99. The summed E-state index contributed by atoms with van der Waals surface area (Å²) >= 11 is 1.90. The Morgan fingerprint density at radius 1 is 0.578 bits per heavy atom. The summed E-state index contributed by atoms with van der Waals surface area (Å²) in [6.07, 6.45) is 0. The van der Waals surface area contributed by atoms with Crippen LogP contribution in [0.4, 0.5) is 11.4 Å². The topological polar surface area (TPSA) is 30.1 Å². The lowest BCUT2D eigenvalue weighted by Gasteiger charge is -2.24. The second-order valence-corrected chi connectivity index (χ2v) is 22.1. The third-order valence-electron chi connectivity index (χ3n) is 14.7. The fourth-order valence-electron chi connectivity index (χ4n) is 11.3. The van der Waals surface area contributed by atoms with Crippen molar-refractivity contribution in [2.75, 3.05) is 5.32 Å². The van der Waals surface area contributed by atoms with Gasteiger partial charge in [-0.2, -0.15) is 0 Å². The number of furan rings is 1. The lowest BCUT2D eigenvalue weighted by atomic mass is 9.59. The van der Waals surface area contributed by atoms with Gasteiger partial charge in [-0.3, -0.25) is 0 Å². The summed E-state index contributed by atoms with van der Waals surface area (Å²) in [5.41, 5.74) is 21.0. The van der Waals surface area contributed by atoms with Crippen LogP contribution in [0.3, 0.4) is 0 Å². The van der Waals surface area contributed by atoms with Crippen LogP contribution >= 0.6 is 11.3 Å². The highest BCUT2D eigenvalue weighted by atomic mass is 32.1. The number of rotatable bonds is 3. The van der Waals surface area contributed by atoms with Crippen LogP contribution in [0.1, 0.15) is 77.6 Å². The van der Waals surface area contributed by atoms with Crippen LogP contribution in [0.25, 0.3) is 91.9 Å². The van der Waals surface area contributed by atoms with Gasteiger partial charge in [-0.25, -0.2) is 0 Å². The fraction of sp³-hybridized carbons (Fsp3) is 0.186. The lowest BCUT2D eigenvalue weighted by Crippen LogP contribution is -2.37. The predicted octanol–water partition coefficient (Wildman–Crippen LogP) is 15.1. The molecule has 0 spiro atoms. The van der Waals surface area contributed by atoms with E-state index in [0.717, 1.165) is 46.2 Å². The molecule has 0 saturated carbocycles. The van der Waals surface area contributed by atoms with Crippen LogP contribution in [0.15, 0.2) is 144 Å². The minimum atomic E-state index is -0.0973. The number of anilines is 2. The van der Waals surface area contributed by atoms with Gasteiger partial charge in [0.2, 0.25) is 0 Å². The maximum atomic E-state index is 6.80. The first-order valence-electron chi connectivity index (χ1n) is 22.8. The molecule has 64 heavy (non-hydrogen) atoms. The molecule has 1 N–H and O–H groups in total. The first kappa shape index (κ1) is 38.0. The molecular formula is C59H49BN2OS. The number of aromatic nitrogens is 1. The highest BCUT2D eigenvalue weighted by Crippen LogP contribution is 2.54. The molecule has 0 fully saturated rings. The monoisotopic (exact) mass is 844 g/mol. The summed E-state index contributed by atoms with van der Waals surface area (Å²) in [7, 11) is 0.815. The first-order chi connectivity index (χ1) is 30.7. The summed E-state index contributed by atoms with van der Waals surface area (Å²) in [6, 6.07) is 53.0. The molecule has 11 aromatic rings. The predicted molar refractivity (Wildman–Crippen MR) is 277 cm³/mol. The second kappa shape index (κ2) is 12.8. The molecule has 1 aliphatic heterocycles. The van der Waals surface area contributed by atoms with E-state index in [1.807, 2.05) is 11.3 Å². The molecule has 0 unspecified atom stereocenters. The highest BCUT2D eigenvalue weighted by Gasteiger charge is 2.38. The van der Waals surface area contributed by atoms with Crippen molar-refractivity contribution in [2.24, 2.45) is 0 Å². The molecular weight excluding hydrogens is 796 g/mol. The van der Waals surface area contributed by atoms with Gasteiger partial charge in [-0.15, -0.1) is 11.3 Å². The summed E-state index contributed by atoms with van der Waals surface area (Å²) in [6.45, 7) is 18.4. The van der Waals surface area contributed by atoms with Crippen molar-refractivity contribution in [1.29, 1.82) is 0 Å². The van der Waals surface area contributed by atoms with Crippen molar-refractivity contribution in [1.82, 2.24) is 4.57 Å². The summed E-state index contributed by atoms with van der Waals surface area (Å²) in [4.78, 5) is 0. The van der Waals surface area contributed by atoms with E-state index in [1.54, 1.807) is 0 Å². The zero-order valence-electron chi connectivity index (χ0n) is 37.7. The van der Waals surface area contributed by atoms with Crippen molar-refractivity contribution in [2.45, 2.75) is 71.6 Å². The molecule has 0 atom stereocenters. The van der Waals surface area contributed by atoms with Crippen molar-refractivity contribution >= 4 is 105 Å². The number of thiophene rings is 1.